The minimum Gasteiger partial charge on any atom is -0.385 e. The van der Waals surface area contributed by atoms with E-state index in [4.69, 9.17) is 9.73 Å². The average Bonchev–Trinajstić information content (AvgIpc) is 2.49. The normalized spacial score (nSPS) is 12.3. The van der Waals surface area contributed by atoms with Crippen LogP contribution < -0.4 is 10.6 Å². The highest BCUT2D eigenvalue weighted by molar-refractivity contribution is 5.79. The minimum atomic E-state index is 0.0148. The van der Waals surface area contributed by atoms with E-state index < -0.39 is 0 Å². The van der Waals surface area contributed by atoms with Crippen LogP contribution in [0.3, 0.4) is 0 Å². The summed E-state index contributed by atoms with van der Waals surface area (Å²) in [6.07, 6.45) is 0.974. The predicted molar refractivity (Wildman–Crippen MR) is 94.7 cm³/mol. The second kappa shape index (κ2) is 9.46. The Morgan fingerprint density at radius 2 is 2.05 bits per heavy atom. The van der Waals surface area contributed by atoms with E-state index in [9.17, 15) is 0 Å². The molecule has 1 aromatic carbocycles. The third kappa shape index (κ3) is 6.48. The SMILES string of the molecule is CCNC(=NCC(C)(C)c1cccc(C)c1)NCCCOC. The first-order valence-electron chi connectivity index (χ1n) is 8.08. The number of aliphatic imine (C=N–C) groups is 1. The van der Waals surface area contributed by atoms with Crippen LogP contribution >= 0.6 is 0 Å². The number of methoxy groups -OCH3 is 1. The number of hydrogen-bond donors (Lipinski definition) is 2. The second-order valence-corrected chi connectivity index (χ2v) is 6.22. The molecule has 0 aliphatic carbocycles. The highest BCUT2D eigenvalue weighted by Crippen LogP contribution is 2.24. The molecule has 0 amide bonds. The lowest BCUT2D eigenvalue weighted by molar-refractivity contribution is 0.195. The molecular formula is C18H31N3O. The van der Waals surface area contributed by atoms with Crippen LogP contribution in [0.15, 0.2) is 29.3 Å². The van der Waals surface area contributed by atoms with Crippen molar-refractivity contribution in [1.29, 1.82) is 0 Å². The van der Waals surface area contributed by atoms with E-state index in [1.165, 1.54) is 11.1 Å². The maximum absolute atomic E-state index is 5.07. The number of hydrogen-bond acceptors (Lipinski definition) is 2. The zero-order valence-corrected chi connectivity index (χ0v) is 14.7. The van der Waals surface area contributed by atoms with Crippen molar-refractivity contribution in [3.05, 3.63) is 35.4 Å². The van der Waals surface area contributed by atoms with E-state index in [1.54, 1.807) is 7.11 Å². The molecule has 0 fully saturated rings. The molecule has 0 radical (unpaired) electrons. The topological polar surface area (TPSA) is 45.7 Å². The molecule has 22 heavy (non-hydrogen) atoms. The molecule has 2 N–H and O–H groups in total. The van der Waals surface area contributed by atoms with Crippen LogP contribution in [0.25, 0.3) is 0 Å². The molecular weight excluding hydrogens is 274 g/mol. The van der Waals surface area contributed by atoms with Gasteiger partial charge in [-0.3, -0.25) is 4.99 Å². The molecule has 0 bridgehead atoms. The Kier molecular flexibility index (Phi) is 7.96. The van der Waals surface area contributed by atoms with Gasteiger partial charge in [0.25, 0.3) is 0 Å². The van der Waals surface area contributed by atoms with Gasteiger partial charge >= 0.3 is 0 Å². The Morgan fingerprint density at radius 3 is 2.68 bits per heavy atom. The van der Waals surface area contributed by atoms with Crippen molar-refractivity contribution in [3.63, 3.8) is 0 Å². The average molecular weight is 305 g/mol. The Hall–Kier alpha value is -1.55. The highest BCUT2D eigenvalue weighted by atomic mass is 16.5. The summed E-state index contributed by atoms with van der Waals surface area (Å²) in [5, 5.41) is 6.64. The summed E-state index contributed by atoms with van der Waals surface area (Å²) >= 11 is 0. The van der Waals surface area contributed by atoms with Crippen LogP contribution in [0, 0.1) is 6.92 Å². The lowest BCUT2D eigenvalue weighted by Crippen LogP contribution is -2.39. The van der Waals surface area contributed by atoms with E-state index >= 15 is 0 Å². The molecule has 124 valence electrons. The Bertz CT molecular complexity index is 469. The van der Waals surface area contributed by atoms with Gasteiger partial charge < -0.3 is 15.4 Å². The first-order valence-corrected chi connectivity index (χ1v) is 8.08. The van der Waals surface area contributed by atoms with Crippen LogP contribution in [0.4, 0.5) is 0 Å². The van der Waals surface area contributed by atoms with Crippen LogP contribution in [0.1, 0.15) is 38.3 Å². The molecule has 0 aliphatic rings. The van der Waals surface area contributed by atoms with Crippen molar-refractivity contribution < 1.29 is 4.74 Å². The monoisotopic (exact) mass is 305 g/mol. The number of nitrogens with one attached hydrogen (secondary N) is 2. The van der Waals surface area contributed by atoms with Gasteiger partial charge in [0.2, 0.25) is 0 Å². The van der Waals surface area contributed by atoms with Gasteiger partial charge in [-0.2, -0.15) is 0 Å². The van der Waals surface area contributed by atoms with Crippen LogP contribution in [0.2, 0.25) is 0 Å². The second-order valence-electron chi connectivity index (χ2n) is 6.22. The summed E-state index contributed by atoms with van der Waals surface area (Å²) in [6.45, 7) is 11.9. The van der Waals surface area contributed by atoms with Gasteiger partial charge in [-0.1, -0.05) is 43.7 Å². The van der Waals surface area contributed by atoms with Crippen LogP contribution in [0.5, 0.6) is 0 Å². The maximum atomic E-state index is 5.07. The summed E-state index contributed by atoms with van der Waals surface area (Å²) < 4.78 is 5.07. The molecule has 0 saturated carbocycles. The molecule has 4 heteroatoms. The number of guanidine groups is 1. The van der Waals surface area contributed by atoms with E-state index in [2.05, 4.69) is 62.6 Å². The first-order chi connectivity index (χ1) is 10.5. The van der Waals surface area contributed by atoms with E-state index in [0.29, 0.717) is 0 Å². The fourth-order valence-electron chi connectivity index (χ4n) is 2.20. The molecule has 1 aromatic rings. The summed E-state index contributed by atoms with van der Waals surface area (Å²) in [5.41, 5.74) is 2.63. The summed E-state index contributed by atoms with van der Waals surface area (Å²) in [4.78, 5) is 4.74. The van der Waals surface area contributed by atoms with Crippen molar-refractivity contribution in [2.24, 2.45) is 4.99 Å². The Labute approximate surface area is 135 Å². The fourth-order valence-corrected chi connectivity index (χ4v) is 2.20. The van der Waals surface area contributed by atoms with Crippen LogP contribution in [-0.2, 0) is 10.2 Å². The zero-order chi connectivity index (χ0) is 16.4. The van der Waals surface area contributed by atoms with E-state index in [1.807, 2.05) is 0 Å². The predicted octanol–water partition coefficient (Wildman–Crippen LogP) is 2.86. The maximum Gasteiger partial charge on any atom is 0.191 e. The van der Waals surface area contributed by atoms with Gasteiger partial charge in [0.1, 0.15) is 0 Å². The highest BCUT2D eigenvalue weighted by Gasteiger charge is 2.20. The van der Waals surface area contributed by atoms with Gasteiger partial charge in [-0.15, -0.1) is 0 Å². The van der Waals surface area contributed by atoms with Crippen molar-refractivity contribution in [2.75, 3.05) is 33.4 Å². The third-order valence-corrected chi connectivity index (χ3v) is 3.59. The molecule has 0 unspecified atom stereocenters. The first kappa shape index (κ1) is 18.5. The molecule has 0 aliphatic heterocycles. The summed E-state index contributed by atoms with van der Waals surface area (Å²) in [7, 11) is 1.73. The summed E-state index contributed by atoms with van der Waals surface area (Å²) in [5.74, 6) is 0.874. The van der Waals surface area contributed by atoms with Gasteiger partial charge in [0.05, 0.1) is 6.54 Å². The molecule has 0 spiro atoms. The quantitative estimate of drug-likeness (QED) is 0.441. The lowest BCUT2D eigenvalue weighted by atomic mass is 9.84. The molecule has 0 atom stereocenters. The number of nitrogens with zero attached hydrogens (tertiary/aromatic N) is 1. The Morgan fingerprint density at radius 1 is 1.27 bits per heavy atom. The molecule has 4 nitrogen and oxygen atoms in total. The fraction of sp³-hybridized carbons (Fsp3) is 0.611. The van der Waals surface area contributed by atoms with Crippen molar-refractivity contribution >= 4 is 5.96 Å². The van der Waals surface area contributed by atoms with Crippen molar-refractivity contribution in [2.45, 2.75) is 39.5 Å². The number of rotatable bonds is 8. The smallest absolute Gasteiger partial charge is 0.191 e. The zero-order valence-electron chi connectivity index (χ0n) is 14.7. The van der Waals surface area contributed by atoms with Crippen molar-refractivity contribution in [3.8, 4) is 0 Å². The van der Waals surface area contributed by atoms with Gasteiger partial charge in [-0.05, 0) is 25.8 Å². The molecule has 1 rings (SSSR count). The third-order valence-electron chi connectivity index (χ3n) is 3.59. The lowest BCUT2D eigenvalue weighted by Gasteiger charge is -2.24. The molecule has 0 heterocycles. The van der Waals surface area contributed by atoms with Gasteiger partial charge in [0.15, 0.2) is 5.96 Å². The van der Waals surface area contributed by atoms with E-state index in [0.717, 1.165) is 38.6 Å². The minimum absolute atomic E-state index is 0.0148. The molecule has 0 saturated heterocycles. The van der Waals surface area contributed by atoms with Gasteiger partial charge in [0, 0.05) is 32.2 Å². The molecule has 0 aromatic heterocycles. The van der Waals surface area contributed by atoms with Crippen LogP contribution in [-0.4, -0.2) is 39.3 Å². The number of ether oxygens (including phenoxy) is 1. The summed E-state index contributed by atoms with van der Waals surface area (Å²) in [6, 6.07) is 8.67. The largest absolute Gasteiger partial charge is 0.385 e. The number of aryl methyl sites for hydroxylation is 1. The van der Waals surface area contributed by atoms with Gasteiger partial charge in [-0.25, -0.2) is 0 Å². The standard InChI is InChI=1S/C18H31N3O/c1-6-19-17(20-11-8-12-22-5)21-14-18(3,4)16-10-7-9-15(2)13-16/h7,9-10,13H,6,8,11-12,14H2,1-5H3,(H2,19,20,21). The van der Waals surface area contributed by atoms with Crippen molar-refractivity contribution in [1.82, 2.24) is 10.6 Å². The number of benzene rings is 1. The Balaban J connectivity index is 2.66. The van der Waals surface area contributed by atoms with E-state index in [-0.39, 0.29) is 5.41 Å².